The van der Waals surface area contributed by atoms with E-state index in [0.717, 1.165) is 4.47 Å². The van der Waals surface area contributed by atoms with Crippen molar-refractivity contribution in [1.29, 1.82) is 0 Å². The van der Waals surface area contributed by atoms with Gasteiger partial charge in [-0.25, -0.2) is 0 Å². The summed E-state index contributed by atoms with van der Waals surface area (Å²) >= 11 is 13.5. The fraction of sp³-hybridized carbons (Fsp3) is 0. The molecule has 1 aromatic rings. The fourth-order valence-corrected chi connectivity index (χ4v) is 1.25. The summed E-state index contributed by atoms with van der Waals surface area (Å²) in [6.45, 7) is 0. The van der Waals surface area contributed by atoms with E-state index in [4.69, 9.17) is 11.6 Å². The van der Waals surface area contributed by atoms with Crippen molar-refractivity contribution in [2.24, 2.45) is 4.99 Å². The van der Waals surface area contributed by atoms with Crippen molar-refractivity contribution in [3.05, 3.63) is 27.7 Å². The summed E-state index contributed by atoms with van der Waals surface area (Å²) in [6, 6.07) is 5.38. The summed E-state index contributed by atoms with van der Waals surface area (Å²) in [6.07, 6.45) is 0. The highest BCUT2D eigenvalue weighted by atomic mass is 79.9. The Morgan fingerprint density at radius 2 is 2.27 bits per heavy atom. The van der Waals surface area contributed by atoms with Crippen LogP contribution in [-0.2, 0) is 0 Å². The zero-order valence-corrected chi connectivity index (χ0v) is 8.50. The molecule has 0 saturated carbocycles. The number of halogens is 2. The van der Waals surface area contributed by atoms with Crippen molar-refractivity contribution < 1.29 is 0 Å². The van der Waals surface area contributed by atoms with Crippen molar-refractivity contribution >= 4 is 50.6 Å². The third kappa shape index (κ3) is 2.11. The molecule has 0 saturated heterocycles. The second-order valence-corrected chi connectivity index (χ2v) is 3.16. The van der Waals surface area contributed by atoms with Gasteiger partial charge in [0.15, 0.2) is 0 Å². The van der Waals surface area contributed by atoms with Crippen molar-refractivity contribution in [3.63, 3.8) is 0 Å². The lowest BCUT2D eigenvalue weighted by atomic mass is 10.3. The van der Waals surface area contributed by atoms with E-state index in [2.05, 4.69) is 38.3 Å². The first-order valence-corrected chi connectivity index (χ1v) is 4.35. The molecule has 0 aromatic heterocycles. The van der Waals surface area contributed by atoms with E-state index in [0.29, 0.717) is 10.7 Å². The van der Waals surface area contributed by atoms with E-state index in [-0.39, 0.29) is 0 Å². The molecule has 0 aliphatic carbocycles. The number of thiocarbonyl (C=S) groups is 1. The van der Waals surface area contributed by atoms with Crippen LogP contribution in [0.25, 0.3) is 0 Å². The SMILES string of the molecule is S=C=Nc1cccc(Cl)c1Br. The average molecular weight is 249 g/mol. The third-order valence-corrected chi connectivity index (χ3v) is 2.57. The monoisotopic (exact) mass is 247 g/mol. The molecule has 0 atom stereocenters. The average Bonchev–Trinajstić information content (AvgIpc) is 1.99. The summed E-state index contributed by atoms with van der Waals surface area (Å²) in [4.78, 5) is 3.80. The molecule has 0 aliphatic rings. The fourth-order valence-electron chi connectivity index (χ4n) is 0.628. The van der Waals surface area contributed by atoms with Gasteiger partial charge < -0.3 is 0 Å². The maximum absolute atomic E-state index is 5.78. The van der Waals surface area contributed by atoms with Crippen LogP contribution >= 0.6 is 39.7 Å². The maximum atomic E-state index is 5.78. The second kappa shape index (κ2) is 3.98. The van der Waals surface area contributed by atoms with Gasteiger partial charge in [-0.1, -0.05) is 17.7 Å². The van der Waals surface area contributed by atoms with Crippen LogP contribution in [0.3, 0.4) is 0 Å². The molecule has 0 amide bonds. The smallest absolute Gasteiger partial charge is 0.0896 e. The Labute approximate surface area is 83.2 Å². The van der Waals surface area contributed by atoms with E-state index in [1.54, 1.807) is 18.2 Å². The molecule has 0 N–H and O–H groups in total. The summed E-state index contributed by atoms with van der Waals surface area (Å²) in [5, 5.41) is 2.89. The van der Waals surface area contributed by atoms with E-state index in [1.165, 1.54) is 0 Å². The Morgan fingerprint density at radius 3 is 2.91 bits per heavy atom. The first-order valence-electron chi connectivity index (χ1n) is 2.77. The summed E-state index contributed by atoms with van der Waals surface area (Å²) in [7, 11) is 0. The topological polar surface area (TPSA) is 12.4 Å². The first kappa shape index (κ1) is 8.88. The van der Waals surface area contributed by atoms with Crippen molar-refractivity contribution in [3.8, 4) is 0 Å². The molecule has 0 unspecified atom stereocenters. The number of isothiocyanates is 1. The minimum Gasteiger partial charge on any atom is -0.193 e. The number of rotatable bonds is 1. The van der Waals surface area contributed by atoms with Crippen molar-refractivity contribution in [2.45, 2.75) is 0 Å². The van der Waals surface area contributed by atoms with Gasteiger partial charge in [0.1, 0.15) is 0 Å². The van der Waals surface area contributed by atoms with Crippen LogP contribution in [0.15, 0.2) is 27.7 Å². The summed E-state index contributed by atoms with van der Waals surface area (Å²) < 4.78 is 0.749. The minimum atomic E-state index is 0.622. The molecule has 1 nitrogen and oxygen atoms in total. The third-order valence-electron chi connectivity index (χ3n) is 1.10. The van der Waals surface area contributed by atoms with Gasteiger partial charge in [-0.05, 0) is 40.3 Å². The predicted octanol–water partition coefficient (Wildman–Crippen LogP) is 3.84. The Morgan fingerprint density at radius 1 is 1.55 bits per heavy atom. The quantitative estimate of drug-likeness (QED) is 0.543. The highest BCUT2D eigenvalue weighted by Gasteiger charge is 2.00. The lowest BCUT2D eigenvalue weighted by Crippen LogP contribution is -1.69. The van der Waals surface area contributed by atoms with E-state index in [9.17, 15) is 0 Å². The first-order chi connectivity index (χ1) is 5.25. The number of hydrogen-bond donors (Lipinski definition) is 0. The van der Waals surface area contributed by atoms with Crippen LogP contribution in [0, 0.1) is 0 Å². The van der Waals surface area contributed by atoms with Crippen molar-refractivity contribution in [1.82, 2.24) is 0 Å². The number of benzene rings is 1. The molecule has 11 heavy (non-hydrogen) atoms. The van der Waals surface area contributed by atoms with E-state index in [1.807, 2.05) is 0 Å². The largest absolute Gasteiger partial charge is 0.193 e. The van der Waals surface area contributed by atoms with Gasteiger partial charge in [0.05, 0.1) is 20.3 Å². The molecule has 0 spiro atoms. The number of aliphatic imine (C=N–C) groups is 1. The predicted molar refractivity (Wildman–Crippen MR) is 53.8 cm³/mol. The standard InChI is InChI=1S/C7H3BrClNS/c8-7-5(9)2-1-3-6(7)10-4-11/h1-3H. The van der Waals surface area contributed by atoms with Gasteiger partial charge in [-0.15, -0.1) is 0 Å². The lowest BCUT2D eigenvalue weighted by molar-refractivity contribution is 1.51. The van der Waals surface area contributed by atoms with E-state index < -0.39 is 0 Å². The molecule has 0 heterocycles. The lowest BCUT2D eigenvalue weighted by Gasteiger charge is -1.96. The number of hydrogen-bond acceptors (Lipinski definition) is 2. The van der Waals surface area contributed by atoms with Crippen molar-refractivity contribution in [2.75, 3.05) is 0 Å². The Kier molecular flexibility index (Phi) is 3.21. The summed E-state index contributed by atoms with van der Waals surface area (Å²) in [5.41, 5.74) is 0.701. The van der Waals surface area contributed by atoms with Crippen LogP contribution in [0.2, 0.25) is 5.02 Å². The number of nitrogens with zero attached hydrogens (tertiary/aromatic N) is 1. The van der Waals surface area contributed by atoms with Crippen LogP contribution in [0.1, 0.15) is 0 Å². The van der Waals surface area contributed by atoms with Gasteiger partial charge in [0, 0.05) is 0 Å². The van der Waals surface area contributed by atoms with Crippen LogP contribution < -0.4 is 0 Å². The van der Waals surface area contributed by atoms with Gasteiger partial charge in [0.25, 0.3) is 0 Å². The Balaban J connectivity index is 3.26. The van der Waals surface area contributed by atoms with Crippen LogP contribution in [0.5, 0.6) is 0 Å². The highest BCUT2D eigenvalue weighted by molar-refractivity contribution is 9.10. The summed E-state index contributed by atoms with van der Waals surface area (Å²) in [5.74, 6) is 0. The molecular weight excluding hydrogens is 246 g/mol. The molecule has 0 bridgehead atoms. The van der Waals surface area contributed by atoms with Crippen LogP contribution in [0.4, 0.5) is 5.69 Å². The minimum absolute atomic E-state index is 0.622. The molecule has 56 valence electrons. The van der Waals surface area contributed by atoms with Crippen LogP contribution in [-0.4, -0.2) is 5.16 Å². The molecule has 4 heteroatoms. The molecule has 0 aliphatic heterocycles. The van der Waals surface area contributed by atoms with Gasteiger partial charge in [-0.2, -0.15) is 4.99 Å². The maximum Gasteiger partial charge on any atom is 0.0896 e. The van der Waals surface area contributed by atoms with Gasteiger partial charge in [0.2, 0.25) is 0 Å². The molecular formula is C7H3BrClNS. The Bertz CT molecular complexity index is 320. The normalized spacial score (nSPS) is 8.91. The zero-order chi connectivity index (χ0) is 8.27. The molecule has 1 aromatic carbocycles. The molecule has 0 fully saturated rings. The second-order valence-electron chi connectivity index (χ2n) is 1.78. The molecule has 1 rings (SSSR count). The van der Waals surface area contributed by atoms with Gasteiger partial charge >= 0.3 is 0 Å². The zero-order valence-electron chi connectivity index (χ0n) is 5.34. The van der Waals surface area contributed by atoms with E-state index >= 15 is 0 Å². The van der Waals surface area contributed by atoms with Gasteiger partial charge in [-0.3, -0.25) is 0 Å². The Hall–Kier alpha value is -0.210. The molecule has 0 radical (unpaired) electrons. The highest BCUT2D eigenvalue weighted by Crippen LogP contribution is 2.31.